The normalized spacial score (nSPS) is 16.1. The molecule has 0 radical (unpaired) electrons. The Hall–Kier alpha value is -0.870. The summed E-state index contributed by atoms with van der Waals surface area (Å²) in [5.41, 5.74) is 1.24. The Bertz CT molecular complexity index is 327. The molecule has 0 amide bonds. The van der Waals surface area contributed by atoms with Crippen molar-refractivity contribution in [1.82, 2.24) is 15.1 Å². The lowest BCUT2D eigenvalue weighted by Gasteiger charge is -2.35. The number of likely N-dealkylation sites (N-methyl/N-ethyl adjacent to an activating group) is 1. The van der Waals surface area contributed by atoms with Gasteiger partial charge >= 0.3 is 0 Å². The van der Waals surface area contributed by atoms with Crippen LogP contribution in [0.3, 0.4) is 0 Å². The van der Waals surface area contributed by atoms with E-state index in [1.165, 1.54) is 0 Å². The molecule has 16 heavy (non-hydrogen) atoms. The van der Waals surface area contributed by atoms with Crippen LogP contribution in [0.1, 0.15) is 32.4 Å². The Kier molecular flexibility index (Phi) is 4.10. The summed E-state index contributed by atoms with van der Waals surface area (Å²) in [6.45, 7) is 6.55. The molecule has 2 atom stereocenters. The Balaban J connectivity index is 2.96. The second-order valence-corrected chi connectivity index (χ2v) is 5.24. The van der Waals surface area contributed by atoms with E-state index < -0.39 is 0 Å². The molecule has 1 N–H and O–H groups in total. The van der Waals surface area contributed by atoms with Crippen molar-refractivity contribution in [3.8, 4) is 0 Å². The molecule has 2 unspecified atom stereocenters. The van der Waals surface area contributed by atoms with Gasteiger partial charge < -0.3 is 10.1 Å². The highest BCUT2D eigenvalue weighted by molar-refractivity contribution is 5.13. The third-order valence-electron chi connectivity index (χ3n) is 2.81. The van der Waals surface area contributed by atoms with Crippen LogP contribution in [0, 0.1) is 5.41 Å². The largest absolute Gasteiger partial charge is 0.379 e. The highest BCUT2D eigenvalue weighted by Gasteiger charge is 2.33. The van der Waals surface area contributed by atoms with Crippen molar-refractivity contribution < 1.29 is 4.74 Å². The third-order valence-corrected chi connectivity index (χ3v) is 2.81. The van der Waals surface area contributed by atoms with E-state index in [9.17, 15) is 0 Å². The van der Waals surface area contributed by atoms with Gasteiger partial charge in [0.1, 0.15) is 0 Å². The maximum Gasteiger partial charge on any atom is 0.0815 e. The molecule has 4 heteroatoms. The lowest BCUT2D eigenvalue weighted by molar-refractivity contribution is -0.0102. The van der Waals surface area contributed by atoms with Crippen LogP contribution in [0.25, 0.3) is 0 Å². The van der Waals surface area contributed by atoms with E-state index in [1.807, 2.05) is 31.2 Å². The Morgan fingerprint density at radius 3 is 2.38 bits per heavy atom. The number of methoxy groups -OCH3 is 1. The number of hydrogen-bond acceptors (Lipinski definition) is 3. The predicted octanol–water partition coefficient (Wildman–Crippen LogP) is 1.74. The zero-order chi connectivity index (χ0) is 12.3. The van der Waals surface area contributed by atoms with Crippen LogP contribution in [-0.4, -0.2) is 30.0 Å². The van der Waals surface area contributed by atoms with Crippen LogP contribution in [0.15, 0.2) is 12.4 Å². The molecule has 0 aliphatic carbocycles. The van der Waals surface area contributed by atoms with E-state index in [2.05, 4.69) is 31.2 Å². The highest BCUT2D eigenvalue weighted by Crippen LogP contribution is 2.31. The second kappa shape index (κ2) is 4.97. The predicted molar refractivity (Wildman–Crippen MR) is 65.3 cm³/mol. The van der Waals surface area contributed by atoms with Crippen molar-refractivity contribution in [3.05, 3.63) is 18.0 Å². The van der Waals surface area contributed by atoms with Crippen LogP contribution in [0.2, 0.25) is 0 Å². The molecule has 92 valence electrons. The van der Waals surface area contributed by atoms with Crippen LogP contribution in [0.5, 0.6) is 0 Å². The molecular formula is C12H23N3O. The zero-order valence-corrected chi connectivity index (χ0v) is 11.1. The van der Waals surface area contributed by atoms with Gasteiger partial charge in [-0.25, -0.2) is 0 Å². The summed E-state index contributed by atoms with van der Waals surface area (Å²) in [7, 11) is 5.64. The highest BCUT2D eigenvalue weighted by atomic mass is 16.5. The summed E-state index contributed by atoms with van der Waals surface area (Å²) in [5.74, 6) is 0. The maximum atomic E-state index is 5.63. The van der Waals surface area contributed by atoms with Crippen LogP contribution in [0.4, 0.5) is 0 Å². The quantitative estimate of drug-likeness (QED) is 0.848. The van der Waals surface area contributed by atoms with Gasteiger partial charge in [-0.3, -0.25) is 4.68 Å². The third kappa shape index (κ3) is 2.83. The lowest BCUT2D eigenvalue weighted by atomic mass is 9.82. The van der Waals surface area contributed by atoms with E-state index in [-0.39, 0.29) is 17.6 Å². The molecule has 0 aliphatic heterocycles. The molecule has 1 aromatic rings. The van der Waals surface area contributed by atoms with Crippen molar-refractivity contribution in [2.45, 2.75) is 32.9 Å². The van der Waals surface area contributed by atoms with Crippen molar-refractivity contribution in [2.75, 3.05) is 14.2 Å². The van der Waals surface area contributed by atoms with Crippen molar-refractivity contribution in [1.29, 1.82) is 0 Å². The molecular weight excluding hydrogens is 202 g/mol. The fraction of sp³-hybridized carbons (Fsp3) is 0.750. The first-order chi connectivity index (χ1) is 7.40. The number of rotatable bonds is 4. The van der Waals surface area contributed by atoms with Gasteiger partial charge in [0.05, 0.1) is 18.3 Å². The van der Waals surface area contributed by atoms with E-state index in [1.54, 1.807) is 7.11 Å². The molecule has 0 bridgehead atoms. The first-order valence-electron chi connectivity index (χ1n) is 5.58. The monoisotopic (exact) mass is 225 g/mol. The SMILES string of the molecule is CNC(c1cnn(C)c1)C(OC)C(C)(C)C. The topological polar surface area (TPSA) is 39.1 Å². The minimum atomic E-state index is 0.0816. The van der Waals surface area contributed by atoms with Gasteiger partial charge in [0.25, 0.3) is 0 Å². The van der Waals surface area contributed by atoms with Crippen molar-refractivity contribution >= 4 is 0 Å². The summed E-state index contributed by atoms with van der Waals surface area (Å²) in [5, 5.41) is 7.52. The molecule has 0 spiro atoms. The Morgan fingerprint density at radius 1 is 1.44 bits per heavy atom. The number of ether oxygens (including phenoxy) is 1. The van der Waals surface area contributed by atoms with Gasteiger partial charge in [0, 0.05) is 25.9 Å². The maximum absolute atomic E-state index is 5.63. The molecule has 4 nitrogen and oxygen atoms in total. The van der Waals surface area contributed by atoms with E-state index in [4.69, 9.17) is 4.74 Å². The molecule has 0 fully saturated rings. The molecule has 1 aromatic heterocycles. The summed E-state index contributed by atoms with van der Waals surface area (Å²) in [6.07, 6.45) is 4.03. The lowest BCUT2D eigenvalue weighted by Crippen LogP contribution is -2.40. The first-order valence-corrected chi connectivity index (χ1v) is 5.58. The fourth-order valence-electron chi connectivity index (χ4n) is 2.08. The number of nitrogens with zero attached hydrogens (tertiary/aromatic N) is 2. The van der Waals surface area contributed by atoms with Gasteiger partial charge in [0.15, 0.2) is 0 Å². The number of aryl methyl sites for hydroxylation is 1. The van der Waals surface area contributed by atoms with Crippen LogP contribution < -0.4 is 5.32 Å². The Labute approximate surface area is 98.0 Å². The summed E-state index contributed by atoms with van der Waals surface area (Å²) in [6, 6.07) is 0.165. The number of nitrogens with one attached hydrogen (secondary N) is 1. The van der Waals surface area contributed by atoms with Gasteiger partial charge in [-0.1, -0.05) is 20.8 Å². The summed E-state index contributed by atoms with van der Waals surface area (Å²) < 4.78 is 7.45. The molecule has 0 saturated heterocycles. The minimum absolute atomic E-state index is 0.0816. The minimum Gasteiger partial charge on any atom is -0.379 e. The number of hydrogen-bond donors (Lipinski definition) is 1. The number of aromatic nitrogens is 2. The van der Waals surface area contributed by atoms with E-state index in [0.29, 0.717) is 0 Å². The zero-order valence-electron chi connectivity index (χ0n) is 11.1. The average molecular weight is 225 g/mol. The van der Waals surface area contributed by atoms with E-state index in [0.717, 1.165) is 5.56 Å². The standard InChI is InChI=1S/C12H23N3O/c1-12(2,3)11(16-6)10(13-4)9-7-14-15(5)8-9/h7-8,10-11,13H,1-6H3. The fourth-order valence-corrected chi connectivity index (χ4v) is 2.08. The van der Waals surface area contributed by atoms with Crippen LogP contribution in [-0.2, 0) is 11.8 Å². The molecule has 1 rings (SSSR count). The molecule has 1 heterocycles. The first kappa shape index (κ1) is 13.2. The van der Waals surface area contributed by atoms with E-state index >= 15 is 0 Å². The molecule has 0 aliphatic rings. The summed E-state index contributed by atoms with van der Waals surface area (Å²) >= 11 is 0. The van der Waals surface area contributed by atoms with Crippen molar-refractivity contribution in [3.63, 3.8) is 0 Å². The van der Waals surface area contributed by atoms with Gasteiger partial charge in [-0.15, -0.1) is 0 Å². The Morgan fingerprint density at radius 2 is 2.06 bits per heavy atom. The average Bonchev–Trinajstić information content (AvgIpc) is 2.58. The van der Waals surface area contributed by atoms with Crippen LogP contribution >= 0.6 is 0 Å². The second-order valence-electron chi connectivity index (χ2n) is 5.24. The van der Waals surface area contributed by atoms with Gasteiger partial charge in [-0.2, -0.15) is 5.10 Å². The smallest absolute Gasteiger partial charge is 0.0815 e. The van der Waals surface area contributed by atoms with Gasteiger partial charge in [-0.05, 0) is 12.5 Å². The van der Waals surface area contributed by atoms with Gasteiger partial charge in [0.2, 0.25) is 0 Å². The summed E-state index contributed by atoms with van der Waals surface area (Å²) in [4.78, 5) is 0. The molecule has 0 saturated carbocycles. The van der Waals surface area contributed by atoms with Crippen molar-refractivity contribution in [2.24, 2.45) is 12.5 Å². The molecule has 0 aromatic carbocycles.